The first kappa shape index (κ1) is 46.8. The van der Waals surface area contributed by atoms with E-state index in [1.54, 1.807) is 0 Å². The number of unbranched alkanes of at least 4 members (excludes halogenated alkanes) is 22. The van der Waals surface area contributed by atoms with E-state index in [1.807, 2.05) is 0 Å². The zero-order valence-electron chi connectivity index (χ0n) is 30.9. The van der Waals surface area contributed by atoms with Crippen LogP contribution in [0.4, 0.5) is 0 Å². The lowest BCUT2D eigenvalue weighted by molar-refractivity contribution is -0.147. The number of carbonyl (C=O) groups excluding carboxylic acids is 2. The Morgan fingerprint density at radius 1 is 0.625 bits per heavy atom. The molecule has 0 aliphatic rings. The van der Waals surface area contributed by atoms with Gasteiger partial charge in [-0.2, -0.15) is 0 Å². The van der Waals surface area contributed by atoms with Crippen LogP contribution in [0.25, 0.3) is 0 Å². The molecular formula is C38H74NO8P. The van der Waals surface area contributed by atoms with Gasteiger partial charge in [-0.1, -0.05) is 148 Å². The molecule has 0 spiro atoms. The topological polar surface area (TPSA) is 131 Å². The van der Waals surface area contributed by atoms with Crippen LogP contribution in [-0.2, 0) is 27.9 Å². The minimum absolute atomic E-state index is 0.0822. The summed E-state index contributed by atoms with van der Waals surface area (Å²) < 4.78 is 26.6. The zero-order chi connectivity index (χ0) is 35.4. The first-order valence-corrected chi connectivity index (χ1v) is 21.2. The van der Waals surface area contributed by atoms with Crippen LogP contribution in [0, 0.1) is 0 Å². The predicted molar refractivity (Wildman–Crippen MR) is 197 cm³/mol. The fraction of sp³-hybridized carbons (Fsp3) is 0.895. The Labute approximate surface area is 294 Å². The zero-order valence-corrected chi connectivity index (χ0v) is 31.8. The molecule has 0 aliphatic carbocycles. The molecule has 0 aliphatic heterocycles. The second kappa shape index (κ2) is 35.6. The quantitative estimate of drug-likeness (QED) is 0.0252. The Hall–Kier alpha value is -1.25. The Bertz CT molecular complexity index is 810. The highest BCUT2D eigenvalue weighted by Crippen LogP contribution is 2.42. The highest BCUT2D eigenvalue weighted by Gasteiger charge is 2.23. The van der Waals surface area contributed by atoms with Gasteiger partial charge >= 0.3 is 13.8 Å². The van der Waals surface area contributed by atoms with Crippen molar-refractivity contribution in [3.63, 3.8) is 0 Å². The first-order chi connectivity index (χ1) is 23.3. The van der Waals surface area contributed by atoms with Gasteiger partial charge in [-0.25, -0.2) is 4.57 Å². The number of rotatable bonds is 37. The average molecular weight is 704 g/mol. The maximum absolute atomic E-state index is 12.0. The average Bonchev–Trinajstić information content (AvgIpc) is 3.07. The van der Waals surface area contributed by atoms with E-state index in [2.05, 4.69) is 31.3 Å². The summed E-state index contributed by atoms with van der Waals surface area (Å²) in [6, 6.07) is 0. The number of phosphoric acid groups is 1. The van der Waals surface area contributed by atoms with Crippen LogP contribution in [0.15, 0.2) is 12.2 Å². The molecule has 0 aromatic rings. The fourth-order valence-electron chi connectivity index (χ4n) is 5.43. The van der Waals surface area contributed by atoms with Gasteiger partial charge in [0.25, 0.3) is 0 Å². The number of amides is 1. The van der Waals surface area contributed by atoms with Crippen molar-refractivity contribution in [2.75, 3.05) is 26.4 Å². The van der Waals surface area contributed by atoms with E-state index in [0.717, 1.165) is 44.9 Å². The highest BCUT2D eigenvalue weighted by atomic mass is 31.2. The molecular weight excluding hydrogens is 629 g/mol. The third-order valence-corrected chi connectivity index (χ3v) is 9.43. The van der Waals surface area contributed by atoms with Crippen molar-refractivity contribution in [2.24, 2.45) is 0 Å². The Morgan fingerprint density at radius 3 is 1.58 bits per heavy atom. The normalized spacial score (nSPS) is 13.5. The van der Waals surface area contributed by atoms with Gasteiger partial charge in [0.1, 0.15) is 12.7 Å². The van der Waals surface area contributed by atoms with E-state index in [4.69, 9.17) is 13.8 Å². The molecule has 0 rings (SSSR count). The van der Waals surface area contributed by atoms with Gasteiger partial charge in [0, 0.05) is 19.4 Å². The molecule has 0 saturated heterocycles. The molecule has 2 atom stereocenters. The number of aliphatic hydroxyl groups excluding tert-OH is 1. The standard InChI is InChI=1S/C38H74NO8P/c1-3-5-7-9-10-11-12-13-14-15-16-17-18-19-20-21-22-23-24-25-26-27-29-31-38(42)45-34-36(40)35-47-48(43,44)46-33-32-39-37(41)30-28-8-6-4-2/h13-14,36,40H,3-12,15-35H2,1-2H3,(H,39,41)(H,43,44)/b14-13+. The molecule has 0 radical (unpaired) electrons. The van der Waals surface area contributed by atoms with Gasteiger partial charge in [0.05, 0.1) is 13.2 Å². The molecule has 9 nitrogen and oxygen atoms in total. The van der Waals surface area contributed by atoms with E-state index >= 15 is 0 Å². The van der Waals surface area contributed by atoms with Crippen molar-refractivity contribution >= 4 is 19.7 Å². The lowest BCUT2D eigenvalue weighted by Gasteiger charge is -2.15. The monoisotopic (exact) mass is 704 g/mol. The smallest absolute Gasteiger partial charge is 0.463 e. The van der Waals surface area contributed by atoms with Gasteiger partial charge in [0.2, 0.25) is 5.91 Å². The van der Waals surface area contributed by atoms with Crippen LogP contribution >= 0.6 is 7.82 Å². The minimum atomic E-state index is -4.39. The van der Waals surface area contributed by atoms with E-state index in [-0.39, 0.29) is 32.1 Å². The minimum Gasteiger partial charge on any atom is -0.463 e. The molecule has 0 aromatic carbocycles. The van der Waals surface area contributed by atoms with Crippen LogP contribution in [0.1, 0.15) is 187 Å². The highest BCUT2D eigenvalue weighted by molar-refractivity contribution is 7.47. The predicted octanol–water partition coefficient (Wildman–Crippen LogP) is 10.3. The Balaban J connectivity index is 3.49. The molecule has 3 N–H and O–H groups in total. The lowest BCUT2D eigenvalue weighted by atomic mass is 10.0. The van der Waals surface area contributed by atoms with Crippen LogP contribution < -0.4 is 5.32 Å². The summed E-state index contributed by atoms with van der Waals surface area (Å²) in [6.07, 6.45) is 34.9. The third-order valence-electron chi connectivity index (χ3n) is 8.45. The molecule has 48 heavy (non-hydrogen) atoms. The number of phosphoric ester groups is 1. The maximum atomic E-state index is 12.0. The van der Waals surface area contributed by atoms with Gasteiger partial charge < -0.3 is 20.1 Å². The molecule has 0 bridgehead atoms. The summed E-state index contributed by atoms with van der Waals surface area (Å²) in [4.78, 5) is 33.4. The van der Waals surface area contributed by atoms with Gasteiger partial charge in [-0.3, -0.25) is 18.6 Å². The molecule has 0 saturated carbocycles. The molecule has 2 unspecified atom stereocenters. The number of hydrogen-bond acceptors (Lipinski definition) is 7. The second-order valence-electron chi connectivity index (χ2n) is 13.3. The summed E-state index contributed by atoms with van der Waals surface area (Å²) in [5.74, 6) is -0.530. The molecule has 0 heterocycles. The summed E-state index contributed by atoms with van der Waals surface area (Å²) in [5, 5.41) is 12.6. The summed E-state index contributed by atoms with van der Waals surface area (Å²) in [5.41, 5.74) is 0. The Kier molecular flexibility index (Phi) is 34.6. The van der Waals surface area contributed by atoms with Gasteiger partial charge in [0.15, 0.2) is 0 Å². The molecule has 0 aromatic heterocycles. The van der Waals surface area contributed by atoms with E-state index in [0.29, 0.717) is 6.42 Å². The number of ether oxygens (including phenoxy) is 1. The van der Waals surface area contributed by atoms with Crippen molar-refractivity contribution in [3.8, 4) is 0 Å². The van der Waals surface area contributed by atoms with Crippen LogP contribution in [0.5, 0.6) is 0 Å². The third kappa shape index (κ3) is 36.0. The number of esters is 1. The largest absolute Gasteiger partial charge is 0.472 e. The molecule has 0 fully saturated rings. The fourth-order valence-corrected chi connectivity index (χ4v) is 6.19. The number of nitrogens with one attached hydrogen (secondary N) is 1. The Morgan fingerprint density at radius 2 is 1.06 bits per heavy atom. The van der Waals surface area contributed by atoms with Crippen molar-refractivity contribution < 1.29 is 37.9 Å². The van der Waals surface area contributed by atoms with Crippen LogP contribution in [-0.4, -0.2) is 54.3 Å². The SMILES string of the molecule is CCCCCCCC/C=C/CCCCCCCCCCCCCCCC(=O)OCC(O)COP(=O)(O)OCCNC(=O)CCCCCC. The lowest BCUT2D eigenvalue weighted by Crippen LogP contribution is -2.27. The first-order valence-electron chi connectivity index (χ1n) is 19.7. The molecule has 284 valence electrons. The second-order valence-corrected chi connectivity index (χ2v) is 14.7. The van der Waals surface area contributed by atoms with Gasteiger partial charge in [-0.15, -0.1) is 0 Å². The number of allylic oxidation sites excluding steroid dienone is 2. The van der Waals surface area contributed by atoms with Crippen molar-refractivity contribution in [1.29, 1.82) is 0 Å². The number of carbonyl (C=O) groups is 2. The van der Waals surface area contributed by atoms with Crippen LogP contribution in [0.2, 0.25) is 0 Å². The summed E-state index contributed by atoms with van der Waals surface area (Å²) in [7, 11) is -4.39. The van der Waals surface area contributed by atoms with E-state index in [9.17, 15) is 24.2 Å². The van der Waals surface area contributed by atoms with E-state index < -0.39 is 26.5 Å². The number of hydrogen-bond donors (Lipinski definition) is 3. The molecule has 1 amide bonds. The summed E-state index contributed by atoms with van der Waals surface area (Å²) in [6.45, 7) is 3.43. The van der Waals surface area contributed by atoms with Crippen molar-refractivity contribution in [1.82, 2.24) is 5.32 Å². The maximum Gasteiger partial charge on any atom is 0.472 e. The number of aliphatic hydroxyl groups is 1. The van der Waals surface area contributed by atoms with Crippen molar-refractivity contribution in [3.05, 3.63) is 12.2 Å². The van der Waals surface area contributed by atoms with E-state index in [1.165, 1.54) is 116 Å². The van der Waals surface area contributed by atoms with Crippen molar-refractivity contribution in [2.45, 2.75) is 193 Å². The van der Waals surface area contributed by atoms with Crippen LogP contribution in [0.3, 0.4) is 0 Å². The summed E-state index contributed by atoms with van der Waals surface area (Å²) >= 11 is 0. The molecule has 10 heteroatoms. The van der Waals surface area contributed by atoms with Gasteiger partial charge in [-0.05, 0) is 38.5 Å².